The first-order valence-corrected chi connectivity index (χ1v) is 9.59. The number of benzene rings is 1. The van der Waals surface area contributed by atoms with Gasteiger partial charge in [-0.1, -0.05) is 12.1 Å². The topological polar surface area (TPSA) is 61.9 Å². The predicted molar refractivity (Wildman–Crippen MR) is 97.6 cm³/mol. The van der Waals surface area contributed by atoms with Crippen molar-refractivity contribution in [3.05, 3.63) is 29.8 Å². The number of hydrogen-bond donors (Lipinski definition) is 1. The highest BCUT2D eigenvalue weighted by Gasteiger charge is 2.58. The van der Waals surface area contributed by atoms with Gasteiger partial charge in [0.25, 0.3) is 5.91 Å². The minimum absolute atomic E-state index is 0.0774. The number of hydrogen-bond acceptors (Lipinski definition) is 4. The van der Waals surface area contributed by atoms with Crippen molar-refractivity contribution in [1.82, 2.24) is 15.1 Å². The van der Waals surface area contributed by atoms with Gasteiger partial charge in [-0.15, -0.1) is 0 Å². The van der Waals surface area contributed by atoms with Crippen LogP contribution in [0.3, 0.4) is 0 Å². The van der Waals surface area contributed by atoms with E-state index in [9.17, 15) is 9.59 Å². The van der Waals surface area contributed by atoms with Crippen molar-refractivity contribution in [3.8, 4) is 5.75 Å². The first-order valence-electron chi connectivity index (χ1n) is 9.59. The Morgan fingerprint density at radius 2 is 1.77 bits per heavy atom. The number of fused-ring (bicyclic) bond motifs is 1. The molecule has 0 spiro atoms. The predicted octanol–water partition coefficient (Wildman–Crippen LogP) is 1.11. The average molecular weight is 357 g/mol. The molecule has 1 aliphatic carbocycles. The van der Waals surface area contributed by atoms with Crippen LogP contribution in [0.15, 0.2) is 24.3 Å². The Morgan fingerprint density at radius 3 is 2.38 bits per heavy atom. The molecule has 26 heavy (non-hydrogen) atoms. The van der Waals surface area contributed by atoms with Crippen molar-refractivity contribution >= 4 is 11.8 Å². The number of piperidine rings is 1. The first-order chi connectivity index (χ1) is 12.7. The summed E-state index contributed by atoms with van der Waals surface area (Å²) in [5.74, 6) is 2.33. The van der Waals surface area contributed by atoms with Crippen molar-refractivity contribution < 1.29 is 14.3 Å². The second kappa shape index (κ2) is 7.27. The first kappa shape index (κ1) is 17.3. The maximum Gasteiger partial charge on any atom is 0.260 e. The zero-order valence-corrected chi connectivity index (χ0v) is 15.3. The van der Waals surface area contributed by atoms with Crippen LogP contribution in [-0.2, 0) is 16.1 Å². The van der Waals surface area contributed by atoms with E-state index >= 15 is 0 Å². The fourth-order valence-electron chi connectivity index (χ4n) is 4.45. The summed E-state index contributed by atoms with van der Waals surface area (Å²) in [6.07, 6.45) is 2.20. The molecule has 2 aliphatic heterocycles. The van der Waals surface area contributed by atoms with Crippen LogP contribution in [0.5, 0.6) is 5.75 Å². The van der Waals surface area contributed by atoms with Gasteiger partial charge in [0.2, 0.25) is 5.91 Å². The largest absolute Gasteiger partial charge is 0.484 e. The quantitative estimate of drug-likeness (QED) is 0.829. The highest BCUT2D eigenvalue weighted by molar-refractivity contribution is 5.82. The van der Waals surface area contributed by atoms with Gasteiger partial charge in [0.15, 0.2) is 6.61 Å². The number of ether oxygens (including phenoxy) is 1. The highest BCUT2D eigenvalue weighted by atomic mass is 16.5. The molecular formula is C20H27N3O3. The Balaban J connectivity index is 1.22. The molecule has 1 aromatic rings. The molecule has 6 nitrogen and oxygen atoms in total. The third kappa shape index (κ3) is 3.56. The Hall–Kier alpha value is -2.08. The standard InChI is InChI=1S/C20H27N3O3/c1-21-20(25)19-16-11-22(12-17(16)19)10-14-4-6-15(7-5-14)26-13-18(24)23-8-2-3-9-23/h4-7,16-17,19H,2-3,8-13H2,1H3,(H,21,25)/t16-,17+,19?. The van der Waals surface area contributed by atoms with E-state index in [2.05, 4.69) is 22.3 Å². The summed E-state index contributed by atoms with van der Waals surface area (Å²) in [5, 5.41) is 2.77. The fourth-order valence-corrected chi connectivity index (χ4v) is 4.45. The minimum atomic E-state index is 0.0774. The SMILES string of the molecule is CNC(=O)C1[C@H]2CN(Cc3ccc(OCC(=O)N4CCCC4)cc3)C[C@@H]12. The zero-order valence-electron chi connectivity index (χ0n) is 15.3. The van der Waals surface area contributed by atoms with Gasteiger partial charge in [0.05, 0.1) is 0 Å². The molecule has 4 rings (SSSR count). The molecule has 3 atom stereocenters. The summed E-state index contributed by atoms with van der Waals surface area (Å²) >= 11 is 0. The number of rotatable bonds is 6. The lowest BCUT2D eigenvalue weighted by Crippen LogP contribution is -2.32. The Bertz CT molecular complexity index is 657. The van der Waals surface area contributed by atoms with Crippen LogP contribution >= 0.6 is 0 Å². The van der Waals surface area contributed by atoms with E-state index in [-0.39, 0.29) is 24.3 Å². The molecule has 3 aliphatic rings. The second-order valence-electron chi connectivity index (χ2n) is 7.68. The molecule has 1 saturated carbocycles. The maximum absolute atomic E-state index is 12.0. The van der Waals surface area contributed by atoms with Crippen molar-refractivity contribution in [2.24, 2.45) is 17.8 Å². The van der Waals surface area contributed by atoms with Crippen LogP contribution < -0.4 is 10.1 Å². The molecule has 0 aromatic heterocycles. The molecule has 1 N–H and O–H groups in total. The number of nitrogens with one attached hydrogen (secondary N) is 1. The van der Waals surface area contributed by atoms with Gasteiger partial charge in [-0.3, -0.25) is 14.5 Å². The van der Waals surface area contributed by atoms with Gasteiger partial charge < -0.3 is 15.0 Å². The lowest BCUT2D eigenvalue weighted by Gasteiger charge is -2.19. The number of likely N-dealkylation sites (tertiary alicyclic amines) is 2. The van der Waals surface area contributed by atoms with Crippen molar-refractivity contribution in [1.29, 1.82) is 0 Å². The molecule has 0 bridgehead atoms. The van der Waals surface area contributed by atoms with E-state index in [1.807, 2.05) is 17.0 Å². The number of nitrogens with zero attached hydrogens (tertiary/aromatic N) is 2. The Morgan fingerprint density at radius 1 is 1.12 bits per heavy atom. The van der Waals surface area contributed by atoms with Crippen LogP contribution in [0, 0.1) is 17.8 Å². The molecule has 1 unspecified atom stereocenters. The average Bonchev–Trinajstić information content (AvgIpc) is 3.05. The normalized spacial score (nSPS) is 27.3. The smallest absolute Gasteiger partial charge is 0.260 e. The molecule has 2 heterocycles. The van der Waals surface area contributed by atoms with E-state index in [1.165, 1.54) is 5.56 Å². The highest BCUT2D eigenvalue weighted by Crippen LogP contribution is 2.51. The van der Waals surface area contributed by atoms with Crippen LogP contribution in [-0.4, -0.2) is 61.4 Å². The summed E-state index contributed by atoms with van der Waals surface area (Å²) < 4.78 is 5.63. The summed E-state index contributed by atoms with van der Waals surface area (Å²) in [5.41, 5.74) is 1.24. The third-order valence-electron chi connectivity index (χ3n) is 5.97. The molecule has 0 radical (unpaired) electrons. The monoisotopic (exact) mass is 357 g/mol. The van der Waals surface area contributed by atoms with E-state index in [1.54, 1.807) is 7.05 Å². The Kier molecular flexibility index (Phi) is 4.85. The number of carbonyl (C=O) groups excluding carboxylic acids is 2. The molecular weight excluding hydrogens is 330 g/mol. The van der Waals surface area contributed by atoms with E-state index in [0.717, 1.165) is 51.3 Å². The molecule has 1 aromatic carbocycles. The van der Waals surface area contributed by atoms with E-state index in [0.29, 0.717) is 11.8 Å². The van der Waals surface area contributed by atoms with Gasteiger partial charge in [-0.25, -0.2) is 0 Å². The van der Waals surface area contributed by atoms with Crippen LogP contribution in [0.1, 0.15) is 18.4 Å². The van der Waals surface area contributed by atoms with E-state index < -0.39 is 0 Å². The van der Waals surface area contributed by atoms with Gasteiger partial charge in [-0.05, 0) is 42.4 Å². The third-order valence-corrected chi connectivity index (χ3v) is 5.97. The summed E-state index contributed by atoms with van der Waals surface area (Å²) in [6.45, 7) is 4.76. The number of carbonyl (C=O) groups is 2. The summed E-state index contributed by atoms with van der Waals surface area (Å²) in [6, 6.07) is 8.01. The summed E-state index contributed by atoms with van der Waals surface area (Å²) in [4.78, 5) is 28.0. The van der Waals surface area contributed by atoms with Crippen molar-refractivity contribution in [2.45, 2.75) is 19.4 Å². The molecule has 2 amide bonds. The fraction of sp³-hybridized carbons (Fsp3) is 0.600. The maximum atomic E-state index is 12.0. The lowest BCUT2D eigenvalue weighted by atomic mass is 10.2. The van der Waals surface area contributed by atoms with Gasteiger partial charge in [-0.2, -0.15) is 0 Å². The molecule has 6 heteroatoms. The minimum Gasteiger partial charge on any atom is -0.484 e. The van der Waals surface area contributed by atoms with Crippen LogP contribution in [0.25, 0.3) is 0 Å². The van der Waals surface area contributed by atoms with Crippen LogP contribution in [0.4, 0.5) is 0 Å². The molecule has 140 valence electrons. The summed E-state index contributed by atoms with van der Waals surface area (Å²) in [7, 11) is 1.72. The molecule has 3 fully saturated rings. The van der Waals surface area contributed by atoms with Crippen molar-refractivity contribution in [3.63, 3.8) is 0 Å². The van der Waals surface area contributed by atoms with E-state index in [4.69, 9.17) is 4.74 Å². The van der Waals surface area contributed by atoms with Crippen LogP contribution in [0.2, 0.25) is 0 Å². The molecule has 2 saturated heterocycles. The van der Waals surface area contributed by atoms with Crippen molar-refractivity contribution in [2.75, 3.05) is 39.8 Å². The van der Waals surface area contributed by atoms with Gasteiger partial charge >= 0.3 is 0 Å². The second-order valence-corrected chi connectivity index (χ2v) is 7.68. The zero-order chi connectivity index (χ0) is 18.1. The van der Waals surface area contributed by atoms with Gasteiger partial charge in [0, 0.05) is 45.7 Å². The van der Waals surface area contributed by atoms with Gasteiger partial charge in [0.1, 0.15) is 5.75 Å². The lowest BCUT2D eigenvalue weighted by molar-refractivity contribution is -0.132. The number of amides is 2. The Labute approximate surface area is 154 Å².